The van der Waals surface area contributed by atoms with Gasteiger partial charge in [-0.05, 0) is 37.6 Å². The van der Waals surface area contributed by atoms with Crippen molar-refractivity contribution < 1.29 is 4.79 Å². The Morgan fingerprint density at radius 2 is 1.90 bits per heavy atom. The molecule has 5 nitrogen and oxygen atoms in total. The van der Waals surface area contributed by atoms with Gasteiger partial charge in [-0.1, -0.05) is 6.92 Å². The van der Waals surface area contributed by atoms with E-state index >= 15 is 0 Å². The summed E-state index contributed by atoms with van der Waals surface area (Å²) in [5.41, 5.74) is 1.32. The first kappa shape index (κ1) is 15.3. The van der Waals surface area contributed by atoms with Crippen molar-refractivity contribution in [3.63, 3.8) is 0 Å². The number of carbonyl (C=O) groups excluding carboxylic acids is 1. The molecule has 112 valence electrons. The summed E-state index contributed by atoms with van der Waals surface area (Å²) in [5, 5.41) is 11.6. The number of piperazine rings is 1. The van der Waals surface area contributed by atoms with E-state index < -0.39 is 0 Å². The zero-order valence-corrected chi connectivity index (χ0v) is 12.7. The fourth-order valence-corrected chi connectivity index (χ4v) is 2.45. The molecule has 2 rings (SSSR count). The number of benzene rings is 1. The highest BCUT2D eigenvalue weighted by Gasteiger charge is 2.23. The van der Waals surface area contributed by atoms with Crippen molar-refractivity contribution in [2.45, 2.75) is 26.3 Å². The van der Waals surface area contributed by atoms with Crippen LogP contribution in [0.3, 0.4) is 0 Å². The number of amides is 2. The normalized spacial score (nSPS) is 17.1. The minimum Gasteiger partial charge on any atom is -0.322 e. The third-order valence-electron chi connectivity index (χ3n) is 4.08. The Labute approximate surface area is 126 Å². The van der Waals surface area contributed by atoms with Gasteiger partial charge >= 0.3 is 6.03 Å². The van der Waals surface area contributed by atoms with Crippen LogP contribution in [-0.2, 0) is 0 Å². The Hall–Kier alpha value is -2.06. The molecule has 21 heavy (non-hydrogen) atoms. The molecule has 0 radical (unpaired) electrons. The van der Waals surface area contributed by atoms with E-state index in [-0.39, 0.29) is 6.03 Å². The largest absolute Gasteiger partial charge is 0.322 e. The predicted octanol–water partition coefficient (Wildman–Crippen LogP) is 2.51. The molecule has 1 heterocycles. The van der Waals surface area contributed by atoms with Crippen LogP contribution in [0, 0.1) is 11.3 Å². The number of anilines is 1. The fourth-order valence-electron chi connectivity index (χ4n) is 2.45. The van der Waals surface area contributed by atoms with E-state index in [0.717, 1.165) is 38.3 Å². The van der Waals surface area contributed by atoms with Crippen molar-refractivity contribution >= 4 is 11.7 Å². The monoisotopic (exact) mass is 286 g/mol. The molecule has 2 amide bonds. The van der Waals surface area contributed by atoms with Gasteiger partial charge in [0, 0.05) is 37.9 Å². The summed E-state index contributed by atoms with van der Waals surface area (Å²) in [6.07, 6.45) is 1.14. The zero-order chi connectivity index (χ0) is 15.2. The molecule has 1 N–H and O–H groups in total. The fraction of sp³-hybridized carbons (Fsp3) is 0.500. The van der Waals surface area contributed by atoms with E-state index in [2.05, 4.69) is 30.1 Å². The number of hydrogen-bond donors (Lipinski definition) is 1. The first-order valence-corrected chi connectivity index (χ1v) is 7.44. The number of nitrogens with zero attached hydrogens (tertiary/aromatic N) is 3. The molecule has 1 atom stereocenters. The summed E-state index contributed by atoms with van der Waals surface area (Å²) in [6.45, 7) is 7.78. The summed E-state index contributed by atoms with van der Waals surface area (Å²) < 4.78 is 0. The van der Waals surface area contributed by atoms with Gasteiger partial charge in [0.25, 0.3) is 0 Å². The lowest BCUT2D eigenvalue weighted by Gasteiger charge is -2.37. The summed E-state index contributed by atoms with van der Waals surface area (Å²) in [5.74, 6) is 0. The van der Waals surface area contributed by atoms with Crippen LogP contribution in [0.15, 0.2) is 24.3 Å². The van der Waals surface area contributed by atoms with Crippen molar-refractivity contribution in [1.29, 1.82) is 5.26 Å². The highest BCUT2D eigenvalue weighted by Crippen LogP contribution is 2.12. The van der Waals surface area contributed by atoms with Crippen molar-refractivity contribution in [2.75, 3.05) is 31.5 Å². The first-order chi connectivity index (χ1) is 10.1. The van der Waals surface area contributed by atoms with Crippen LogP contribution in [0.4, 0.5) is 10.5 Å². The van der Waals surface area contributed by atoms with Gasteiger partial charge in [-0.3, -0.25) is 4.90 Å². The molecule has 1 fully saturated rings. The Morgan fingerprint density at radius 3 is 2.43 bits per heavy atom. The number of carbonyl (C=O) groups is 1. The van der Waals surface area contributed by atoms with Gasteiger partial charge in [0.15, 0.2) is 0 Å². The highest BCUT2D eigenvalue weighted by molar-refractivity contribution is 5.89. The lowest BCUT2D eigenvalue weighted by Crippen LogP contribution is -2.52. The van der Waals surface area contributed by atoms with E-state index in [0.29, 0.717) is 11.6 Å². The van der Waals surface area contributed by atoms with Crippen LogP contribution in [0.1, 0.15) is 25.8 Å². The van der Waals surface area contributed by atoms with Gasteiger partial charge in [-0.15, -0.1) is 0 Å². The lowest BCUT2D eigenvalue weighted by atomic mass is 10.2. The second-order valence-electron chi connectivity index (χ2n) is 5.40. The molecule has 5 heteroatoms. The van der Waals surface area contributed by atoms with E-state index in [1.165, 1.54) is 0 Å². The van der Waals surface area contributed by atoms with Crippen molar-refractivity contribution in [3.05, 3.63) is 29.8 Å². The van der Waals surface area contributed by atoms with Crippen molar-refractivity contribution in [1.82, 2.24) is 9.80 Å². The van der Waals surface area contributed by atoms with Crippen LogP contribution < -0.4 is 5.32 Å². The molecule has 1 aliphatic heterocycles. The van der Waals surface area contributed by atoms with Gasteiger partial charge in [-0.25, -0.2) is 4.79 Å². The number of nitriles is 1. The van der Waals surface area contributed by atoms with Crippen molar-refractivity contribution in [3.8, 4) is 6.07 Å². The number of rotatable bonds is 3. The Balaban J connectivity index is 1.86. The van der Waals surface area contributed by atoms with Gasteiger partial charge in [0.05, 0.1) is 11.6 Å². The summed E-state index contributed by atoms with van der Waals surface area (Å²) in [6, 6.07) is 9.50. The Bertz CT molecular complexity index is 512. The van der Waals surface area contributed by atoms with Crippen molar-refractivity contribution in [2.24, 2.45) is 0 Å². The Morgan fingerprint density at radius 1 is 1.29 bits per heavy atom. The van der Waals surface area contributed by atoms with Gasteiger partial charge in [0.2, 0.25) is 0 Å². The molecule has 1 aromatic rings. The van der Waals surface area contributed by atoms with Gasteiger partial charge in [0.1, 0.15) is 0 Å². The van der Waals surface area contributed by atoms with Gasteiger partial charge < -0.3 is 10.2 Å². The quantitative estimate of drug-likeness (QED) is 0.928. The molecule has 0 saturated carbocycles. The molecule has 0 aliphatic carbocycles. The molecule has 1 aliphatic rings. The van der Waals surface area contributed by atoms with Crippen LogP contribution >= 0.6 is 0 Å². The average molecular weight is 286 g/mol. The minimum atomic E-state index is -0.0662. The molecule has 0 spiro atoms. The minimum absolute atomic E-state index is 0.0662. The third-order valence-corrected chi connectivity index (χ3v) is 4.08. The van der Waals surface area contributed by atoms with Crippen LogP contribution in [0.5, 0.6) is 0 Å². The van der Waals surface area contributed by atoms with E-state index in [9.17, 15) is 4.79 Å². The highest BCUT2D eigenvalue weighted by atomic mass is 16.2. The predicted molar refractivity (Wildman–Crippen MR) is 83.1 cm³/mol. The van der Waals surface area contributed by atoms with Crippen LogP contribution in [0.2, 0.25) is 0 Å². The number of hydrogen-bond acceptors (Lipinski definition) is 3. The second-order valence-corrected chi connectivity index (χ2v) is 5.40. The molecular weight excluding hydrogens is 264 g/mol. The topological polar surface area (TPSA) is 59.4 Å². The van der Waals surface area contributed by atoms with Gasteiger partial charge in [-0.2, -0.15) is 5.26 Å². The SMILES string of the molecule is CCC(C)N1CCN(C(=O)Nc2ccc(C#N)cc2)CC1. The molecular formula is C16H22N4O. The zero-order valence-electron chi connectivity index (χ0n) is 12.7. The lowest BCUT2D eigenvalue weighted by molar-refractivity contribution is 0.117. The Kier molecular flexibility index (Phi) is 5.18. The van der Waals surface area contributed by atoms with E-state index in [1.54, 1.807) is 24.3 Å². The molecule has 1 aromatic carbocycles. The third kappa shape index (κ3) is 3.96. The van der Waals surface area contributed by atoms with E-state index in [4.69, 9.17) is 5.26 Å². The summed E-state index contributed by atoms with van der Waals surface area (Å²) in [7, 11) is 0. The van der Waals surface area contributed by atoms with Crippen LogP contribution in [0.25, 0.3) is 0 Å². The molecule has 1 saturated heterocycles. The number of urea groups is 1. The first-order valence-electron chi connectivity index (χ1n) is 7.44. The molecule has 1 unspecified atom stereocenters. The standard InChI is InChI=1S/C16H22N4O/c1-3-13(2)19-8-10-20(11-9-19)16(21)18-15-6-4-14(12-17)5-7-15/h4-7,13H,3,8-11H2,1-2H3,(H,18,21). The maximum absolute atomic E-state index is 12.2. The summed E-state index contributed by atoms with van der Waals surface area (Å²) in [4.78, 5) is 16.5. The van der Waals surface area contributed by atoms with Crippen LogP contribution in [-0.4, -0.2) is 48.1 Å². The summed E-state index contributed by atoms with van der Waals surface area (Å²) >= 11 is 0. The average Bonchev–Trinajstić information content (AvgIpc) is 2.55. The number of nitrogens with one attached hydrogen (secondary N) is 1. The maximum atomic E-state index is 12.2. The smallest absolute Gasteiger partial charge is 0.321 e. The molecule has 0 aromatic heterocycles. The second kappa shape index (κ2) is 7.09. The maximum Gasteiger partial charge on any atom is 0.321 e. The molecule has 0 bridgehead atoms. The van der Waals surface area contributed by atoms with E-state index in [1.807, 2.05) is 4.90 Å².